The summed E-state index contributed by atoms with van der Waals surface area (Å²) in [4.78, 5) is 14.5. The van der Waals surface area contributed by atoms with Gasteiger partial charge in [-0.05, 0) is 74.4 Å². The molecule has 0 atom stereocenters. The Kier molecular flexibility index (Phi) is 6.27. The zero-order valence-electron chi connectivity index (χ0n) is 17.7. The first kappa shape index (κ1) is 20.5. The van der Waals surface area contributed by atoms with E-state index in [0.717, 1.165) is 17.7 Å². The lowest BCUT2D eigenvalue weighted by Crippen LogP contribution is -2.28. The number of likely N-dealkylation sites (N-methyl/N-ethyl adjacent to an activating group) is 1. The lowest BCUT2D eigenvalue weighted by molar-refractivity contribution is 0.0796. The van der Waals surface area contributed by atoms with Crippen molar-refractivity contribution >= 4 is 5.91 Å². The van der Waals surface area contributed by atoms with Gasteiger partial charge in [-0.15, -0.1) is 0 Å². The predicted octanol–water partition coefficient (Wildman–Crippen LogP) is 4.43. The summed E-state index contributed by atoms with van der Waals surface area (Å²) in [5.41, 5.74) is 5.19. The Bertz CT molecular complexity index is 970. The largest absolute Gasteiger partial charge is 0.493 e. The fourth-order valence-electron chi connectivity index (χ4n) is 3.48. The third-order valence-corrected chi connectivity index (χ3v) is 5.17. The van der Waals surface area contributed by atoms with E-state index in [-0.39, 0.29) is 5.91 Å². The van der Waals surface area contributed by atoms with Crippen LogP contribution in [0, 0.1) is 13.8 Å². The molecule has 5 nitrogen and oxygen atoms in total. The van der Waals surface area contributed by atoms with Crippen LogP contribution >= 0.6 is 0 Å². The highest BCUT2D eigenvalue weighted by Crippen LogP contribution is 2.27. The molecule has 3 rings (SSSR count). The van der Waals surface area contributed by atoms with Gasteiger partial charge >= 0.3 is 0 Å². The SMILES string of the molecule is COc1ccc(CCN(C)C(=O)c2ccc(-n3c(C)ccc3C)cc2)cc1OC. The molecule has 0 saturated carbocycles. The normalized spacial score (nSPS) is 10.7. The van der Waals surface area contributed by atoms with Crippen LogP contribution in [-0.2, 0) is 6.42 Å². The van der Waals surface area contributed by atoms with E-state index in [0.29, 0.717) is 23.6 Å². The number of hydrogen-bond acceptors (Lipinski definition) is 3. The summed E-state index contributed by atoms with van der Waals surface area (Å²) >= 11 is 0. The molecule has 0 spiro atoms. The number of aromatic nitrogens is 1. The maximum atomic E-state index is 12.8. The van der Waals surface area contributed by atoms with Gasteiger partial charge in [0.05, 0.1) is 14.2 Å². The summed E-state index contributed by atoms with van der Waals surface area (Å²) in [6, 6.07) is 17.8. The van der Waals surface area contributed by atoms with E-state index in [1.807, 2.05) is 49.5 Å². The Morgan fingerprint density at radius 3 is 2.10 bits per heavy atom. The van der Waals surface area contributed by atoms with Gasteiger partial charge in [0.15, 0.2) is 11.5 Å². The average Bonchev–Trinajstić information content (AvgIpc) is 3.09. The second-order valence-electron chi connectivity index (χ2n) is 7.16. The molecule has 0 bridgehead atoms. The van der Waals surface area contributed by atoms with E-state index in [4.69, 9.17) is 9.47 Å². The van der Waals surface area contributed by atoms with Crippen molar-refractivity contribution in [2.45, 2.75) is 20.3 Å². The third kappa shape index (κ3) is 4.45. The summed E-state index contributed by atoms with van der Waals surface area (Å²) in [6.07, 6.45) is 0.739. The summed E-state index contributed by atoms with van der Waals surface area (Å²) in [6.45, 7) is 4.77. The Morgan fingerprint density at radius 2 is 1.52 bits per heavy atom. The Labute approximate surface area is 172 Å². The van der Waals surface area contributed by atoms with Gasteiger partial charge in [-0.3, -0.25) is 4.79 Å². The third-order valence-electron chi connectivity index (χ3n) is 5.17. The highest BCUT2D eigenvalue weighted by molar-refractivity contribution is 5.94. The van der Waals surface area contributed by atoms with Crippen molar-refractivity contribution < 1.29 is 14.3 Å². The highest BCUT2D eigenvalue weighted by Gasteiger charge is 2.13. The first-order valence-corrected chi connectivity index (χ1v) is 9.66. The first-order chi connectivity index (χ1) is 13.9. The van der Waals surface area contributed by atoms with Crippen molar-refractivity contribution in [1.29, 1.82) is 0 Å². The predicted molar refractivity (Wildman–Crippen MR) is 115 cm³/mol. The van der Waals surface area contributed by atoms with Crippen LogP contribution < -0.4 is 9.47 Å². The average molecular weight is 392 g/mol. The fourth-order valence-corrected chi connectivity index (χ4v) is 3.48. The monoisotopic (exact) mass is 392 g/mol. The summed E-state index contributed by atoms with van der Waals surface area (Å²) in [5.74, 6) is 1.41. The summed E-state index contributed by atoms with van der Waals surface area (Å²) < 4.78 is 12.8. The number of ether oxygens (including phenoxy) is 2. The van der Waals surface area contributed by atoms with Crippen LogP contribution in [0.1, 0.15) is 27.3 Å². The number of carbonyl (C=O) groups is 1. The molecule has 5 heteroatoms. The van der Waals surface area contributed by atoms with Gasteiger partial charge in [0.25, 0.3) is 5.91 Å². The molecule has 1 aromatic heterocycles. The number of benzene rings is 2. The molecule has 29 heavy (non-hydrogen) atoms. The van der Waals surface area contributed by atoms with Crippen molar-refractivity contribution in [2.75, 3.05) is 27.8 Å². The summed E-state index contributed by atoms with van der Waals surface area (Å²) in [5, 5.41) is 0. The van der Waals surface area contributed by atoms with Gasteiger partial charge in [-0.25, -0.2) is 0 Å². The maximum Gasteiger partial charge on any atom is 0.253 e. The molecule has 3 aromatic rings. The van der Waals surface area contributed by atoms with E-state index >= 15 is 0 Å². The Hall–Kier alpha value is -3.21. The van der Waals surface area contributed by atoms with E-state index in [1.165, 1.54) is 11.4 Å². The minimum absolute atomic E-state index is 0.0120. The molecule has 0 N–H and O–H groups in total. The van der Waals surface area contributed by atoms with Gasteiger partial charge < -0.3 is 18.9 Å². The topological polar surface area (TPSA) is 43.7 Å². The molecule has 0 radical (unpaired) electrons. The molecule has 152 valence electrons. The molecule has 0 aliphatic heterocycles. The smallest absolute Gasteiger partial charge is 0.253 e. The van der Waals surface area contributed by atoms with Crippen molar-refractivity contribution in [3.8, 4) is 17.2 Å². The molecular formula is C24H28N2O3. The van der Waals surface area contributed by atoms with Crippen molar-refractivity contribution in [2.24, 2.45) is 0 Å². The van der Waals surface area contributed by atoms with Crippen LogP contribution in [0.5, 0.6) is 11.5 Å². The number of methoxy groups -OCH3 is 2. The van der Waals surface area contributed by atoms with Crippen LogP contribution in [-0.4, -0.2) is 43.2 Å². The zero-order valence-corrected chi connectivity index (χ0v) is 17.7. The van der Waals surface area contributed by atoms with Crippen LogP contribution in [0.15, 0.2) is 54.6 Å². The number of carbonyl (C=O) groups excluding carboxylic acids is 1. The van der Waals surface area contributed by atoms with Crippen LogP contribution in [0.3, 0.4) is 0 Å². The quantitative estimate of drug-likeness (QED) is 0.598. The van der Waals surface area contributed by atoms with Crippen molar-refractivity contribution in [3.05, 3.63) is 77.1 Å². The van der Waals surface area contributed by atoms with Gasteiger partial charge in [0, 0.05) is 36.2 Å². The lowest BCUT2D eigenvalue weighted by atomic mass is 10.1. The molecule has 0 aliphatic carbocycles. The number of amides is 1. The molecule has 0 unspecified atom stereocenters. The second-order valence-corrected chi connectivity index (χ2v) is 7.16. The molecule has 1 heterocycles. The highest BCUT2D eigenvalue weighted by atomic mass is 16.5. The molecule has 0 aliphatic rings. The molecular weight excluding hydrogens is 364 g/mol. The first-order valence-electron chi connectivity index (χ1n) is 9.66. The Balaban J connectivity index is 1.66. The van der Waals surface area contributed by atoms with E-state index < -0.39 is 0 Å². The van der Waals surface area contributed by atoms with Gasteiger partial charge in [-0.1, -0.05) is 6.07 Å². The minimum Gasteiger partial charge on any atom is -0.493 e. The van der Waals surface area contributed by atoms with Crippen LogP contribution in [0.25, 0.3) is 5.69 Å². The Morgan fingerprint density at radius 1 is 0.897 bits per heavy atom. The molecule has 2 aromatic carbocycles. The van der Waals surface area contributed by atoms with Crippen LogP contribution in [0.2, 0.25) is 0 Å². The zero-order chi connectivity index (χ0) is 21.0. The van der Waals surface area contributed by atoms with Gasteiger partial charge in [-0.2, -0.15) is 0 Å². The van der Waals surface area contributed by atoms with Crippen molar-refractivity contribution in [1.82, 2.24) is 9.47 Å². The number of aryl methyl sites for hydroxylation is 2. The lowest BCUT2D eigenvalue weighted by Gasteiger charge is -2.18. The van der Waals surface area contributed by atoms with Gasteiger partial charge in [0.1, 0.15) is 0 Å². The van der Waals surface area contributed by atoms with E-state index in [1.54, 1.807) is 19.1 Å². The number of hydrogen-bond donors (Lipinski definition) is 0. The number of rotatable bonds is 7. The molecule has 1 amide bonds. The minimum atomic E-state index is 0.0120. The fraction of sp³-hybridized carbons (Fsp3) is 0.292. The molecule has 0 fully saturated rings. The molecule has 0 saturated heterocycles. The van der Waals surface area contributed by atoms with Gasteiger partial charge in [0.2, 0.25) is 0 Å². The van der Waals surface area contributed by atoms with Crippen molar-refractivity contribution in [3.63, 3.8) is 0 Å². The van der Waals surface area contributed by atoms with Crippen LogP contribution in [0.4, 0.5) is 0 Å². The number of nitrogens with zero attached hydrogens (tertiary/aromatic N) is 2. The summed E-state index contributed by atoms with van der Waals surface area (Å²) in [7, 11) is 5.07. The van der Waals surface area contributed by atoms with E-state index in [2.05, 4.69) is 30.5 Å². The second kappa shape index (κ2) is 8.86. The van der Waals surface area contributed by atoms with E-state index in [9.17, 15) is 4.79 Å². The standard InChI is InChI=1S/C24H28N2O3/c1-17-6-7-18(2)26(17)21-11-9-20(10-12-21)24(27)25(3)15-14-19-8-13-22(28-4)23(16-19)29-5/h6-13,16H,14-15H2,1-5H3. The maximum absolute atomic E-state index is 12.8.